The fourth-order valence-corrected chi connectivity index (χ4v) is 3.89. The summed E-state index contributed by atoms with van der Waals surface area (Å²) in [5.74, 6) is -4.18. The molecule has 3 amide bonds. The third kappa shape index (κ3) is 9.43. The molecule has 15 nitrogen and oxygen atoms in total. The van der Waals surface area contributed by atoms with Gasteiger partial charge < -0.3 is 52.7 Å². The lowest BCUT2D eigenvalue weighted by atomic mass is 10.0. The van der Waals surface area contributed by atoms with Crippen molar-refractivity contribution >= 4 is 29.7 Å². The summed E-state index contributed by atoms with van der Waals surface area (Å²) >= 11 is 0. The molecule has 12 N–H and O–H groups in total. The number of aliphatic hydroxyl groups excluding tert-OH is 1. The quantitative estimate of drug-likeness (QED) is 0.0402. The molecule has 0 aliphatic carbocycles. The normalized spacial score (nSPS) is 15.8. The molecule has 0 bridgehead atoms. The molecule has 4 atom stereocenters. The van der Waals surface area contributed by atoms with Gasteiger partial charge in [-0.3, -0.25) is 19.8 Å². The molecule has 0 saturated heterocycles. The largest absolute Gasteiger partial charge is 0.504 e. The number of carbonyl (C=O) groups excluding carboxylic acids is 3. The first-order valence-electron chi connectivity index (χ1n) is 12.6. The van der Waals surface area contributed by atoms with Gasteiger partial charge in [-0.15, -0.1) is 0 Å². The Labute approximate surface area is 230 Å². The fraction of sp³-hybridized carbons (Fsp3) is 0.480. The van der Waals surface area contributed by atoms with Gasteiger partial charge >= 0.3 is 5.97 Å². The van der Waals surface area contributed by atoms with Crippen LogP contribution in [0.15, 0.2) is 29.8 Å². The number of unbranched alkanes of at least 4 members (excludes halogenated alkanes) is 1. The third-order valence-corrected chi connectivity index (χ3v) is 6.27. The number of hydrogen-bond donors (Lipinski definition) is 10. The van der Waals surface area contributed by atoms with Gasteiger partial charge in [0.1, 0.15) is 12.1 Å². The average Bonchev–Trinajstić information content (AvgIpc) is 3.36. The number of hydrogen-bond acceptors (Lipinski definition) is 9. The van der Waals surface area contributed by atoms with Gasteiger partial charge in [-0.2, -0.15) is 0 Å². The number of aliphatic hydroxyl groups is 1. The summed E-state index contributed by atoms with van der Waals surface area (Å²) in [6.45, 7) is 2.24. The number of rotatable bonds is 14. The smallest absolute Gasteiger partial charge is 0.330 e. The van der Waals surface area contributed by atoms with Crippen LogP contribution in [-0.2, 0) is 19.2 Å². The molecule has 1 aromatic rings. The monoisotopic (exact) mass is 563 g/mol. The number of nitrogens with two attached hydrogens (primary N) is 2. The van der Waals surface area contributed by atoms with Crippen LogP contribution in [0, 0.1) is 5.41 Å². The molecule has 15 heteroatoms. The fourth-order valence-electron chi connectivity index (χ4n) is 3.89. The van der Waals surface area contributed by atoms with E-state index in [4.69, 9.17) is 16.9 Å². The molecular weight excluding hydrogens is 526 g/mol. The zero-order chi connectivity index (χ0) is 30.0. The van der Waals surface area contributed by atoms with Crippen molar-refractivity contribution in [2.75, 3.05) is 19.6 Å². The maximum atomic E-state index is 12.9. The number of aliphatic carboxylic acids is 1. The highest BCUT2D eigenvalue weighted by Gasteiger charge is 2.28. The van der Waals surface area contributed by atoms with Gasteiger partial charge in [-0.05, 0) is 43.9 Å². The van der Waals surface area contributed by atoms with Gasteiger partial charge in [0.25, 0.3) is 0 Å². The van der Waals surface area contributed by atoms with Crippen LogP contribution < -0.4 is 27.4 Å². The summed E-state index contributed by atoms with van der Waals surface area (Å²) in [6.07, 6.45) is 1.45. The minimum absolute atomic E-state index is 0.0408. The number of nitrogens with zero attached hydrogens (tertiary/aromatic N) is 1. The summed E-state index contributed by atoms with van der Waals surface area (Å²) in [6, 6.07) is -0.234. The van der Waals surface area contributed by atoms with Gasteiger partial charge in [-0.1, -0.05) is 17.7 Å². The molecule has 1 aromatic carbocycles. The van der Waals surface area contributed by atoms with Crippen LogP contribution in [0.5, 0.6) is 11.5 Å². The highest BCUT2D eigenvalue weighted by Crippen LogP contribution is 2.28. The van der Waals surface area contributed by atoms with Crippen LogP contribution >= 0.6 is 0 Å². The Hall–Kier alpha value is -4.37. The predicted molar refractivity (Wildman–Crippen MR) is 143 cm³/mol. The van der Waals surface area contributed by atoms with Gasteiger partial charge in [-0.25, -0.2) is 4.79 Å². The second-order valence-electron chi connectivity index (χ2n) is 9.49. The zero-order valence-corrected chi connectivity index (χ0v) is 22.1. The lowest BCUT2D eigenvalue weighted by molar-refractivity contribution is -0.142. The van der Waals surface area contributed by atoms with Gasteiger partial charge in [0, 0.05) is 26.1 Å². The number of phenolic OH excluding ortho intramolecular Hbond substituents is 2. The van der Waals surface area contributed by atoms with E-state index in [9.17, 15) is 39.6 Å². The van der Waals surface area contributed by atoms with E-state index in [-0.39, 0.29) is 30.9 Å². The Morgan fingerprint density at radius 1 is 1.10 bits per heavy atom. The predicted octanol–water partition coefficient (Wildman–Crippen LogP) is -1.66. The van der Waals surface area contributed by atoms with Crippen molar-refractivity contribution < 1.29 is 39.6 Å². The van der Waals surface area contributed by atoms with Crippen molar-refractivity contribution in [3.63, 3.8) is 0 Å². The standard InChI is InChI=1S/C25H37N7O8/c1-13(33)20(26)23(38)30-16(10-14-7-9-32(12-14)25(27)28)22(37)29-8-3-2-4-19(36)31-21(24(39)40)15-5-6-17(34)18(35)11-15/h5-7,11,13,16,20-21,33-35H,2-4,8-10,12,26H2,1H3,(H3,27,28)(H,29,37)(H,30,38)(H,31,36)(H,39,40). The summed E-state index contributed by atoms with van der Waals surface area (Å²) in [5.41, 5.74) is 12.1. The first-order chi connectivity index (χ1) is 18.8. The van der Waals surface area contributed by atoms with Crippen LogP contribution in [0.25, 0.3) is 0 Å². The summed E-state index contributed by atoms with van der Waals surface area (Å²) < 4.78 is 0. The van der Waals surface area contributed by atoms with Crippen molar-refractivity contribution in [2.24, 2.45) is 11.5 Å². The molecule has 1 aliphatic heterocycles. The lowest BCUT2D eigenvalue weighted by Crippen LogP contribution is -2.54. The van der Waals surface area contributed by atoms with Crippen molar-refractivity contribution in [1.29, 1.82) is 5.41 Å². The second-order valence-corrected chi connectivity index (χ2v) is 9.49. The number of phenols is 2. The third-order valence-electron chi connectivity index (χ3n) is 6.27. The molecule has 4 unspecified atom stereocenters. The van der Waals surface area contributed by atoms with Crippen molar-refractivity contribution in [2.45, 2.75) is 56.8 Å². The summed E-state index contributed by atoms with van der Waals surface area (Å²) in [4.78, 5) is 50.8. The number of nitrogens with one attached hydrogen (secondary N) is 4. The number of carbonyl (C=O) groups is 4. The number of guanidine groups is 1. The Kier molecular flexibility index (Phi) is 11.7. The van der Waals surface area contributed by atoms with Crippen molar-refractivity contribution in [3.05, 3.63) is 35.4 Å². The molecule has 0 spiro atoms. The molecule has 1 aliphatic rings. The first-order valence-corrected chi connectivity index (χ1v) is 12.6. The maximum absolute atomic E-state index is 12.9. The van der Waals surface area contributed by atoms with Crippen molar-refractivity contribution in [1.82, 2.24) is 20.9 Å². The van der Waals surface area contributed by atoms with E-state index in [1.807, 2.05) is 6.08 Å². The van der Waals surface area contributed by atoms with Gasteiger partial charge in [0.2, 0.25) is 17.7 Å². The molecule has 1 heterocycles. The Bertz CT molecular complexity index is 1140. The topological polar surface area (TPSA) is 264 Å². The molecule has 220 valence electrons. The Balaban J connectivity index is 1.87. The Morgan fingerprint density at radius 2 is 1.80 bits per heavy atom. The van der Waals surface area contributed by atoms with Crippen LogP contribution in [0.3, 0.4) is 0 Å². The molecule has 0 radical (unpaired) electrons. The first kappa shape index (κ1) is 31.8. The summed E-state index contributed by atoms with van der Waals surface area (Å²) in [5, 5.41) is 53.2. The minimum atomic E-state index is -1.43. The molecular formula is C25H37N7O8. The maximum Gasteiger partial charge on any atom is 0.330 e. The Morgan fingerprint density at radius 3 is 2.38 bits per heavy atom. The van der Waals surface area contributed by atoms with Gasteiger partial charge in [0.05, 0.1) is 6.10 Å². The van der Waals surface area contributed by atoms with E-state index in [0.29, 0.717) is 25.9 Å². The van der Waals surface area contributed by atoms with Crippen LogP contribution in [0.2, 0.25) is 0 Å². The highest BCUT2D eigenvalue weighted by atomic mass is 16.4. The average molecular weight is 564 g/mol. The molecule has 0 aromatic heterocycles. The molecule has 2 rings (SSSR count). The number of carboxylic acid groups (broad SMARTS) is 1. The number of benzene rings is 1. The number of amides is 3. The van der Waals surface area contributed by atoms with Crippen molar-refractivity contribution in [3.8, 4) is 11.5 Å². The number of aromatic hydroxyl groups is 2. The minimum Gasteiger partial charge on any atom is -0.504 e. The molecule has 0 fully saturated rings. The van der Waals surface area contributed by atoms with Crippen LogP contribution in [-0.4, -0.2) is 92.8 Å². The molecule has 40 heavy (non-hydrogen) atoms. The molecule has 0 saturated carbocycles. The van der Waals surface area contributed by atoms with E-state index in [0.717, 1.165) is 17.7 Å². The van der Waals surface area contributed by atoms with E-state index in [2.05, 4.69) is 16.0 Å². The van der Waals surface area contributed by atoms with E-state index >= 15 is 0 Å². The summed E-state index contributed by atoms with van der Waals surface area (Å²) in [7, 11) is 0. The SMILES string of the molecule is CC(O)C(N)C(=O)NC(CC1=CCN(C(=N)N)C1)C(=O)NCCCCC(=O)NC(C(=O)O)c1ccc(O)c(O)c1. The van der Waals surface area contributed by atoms with Gasteiger partial charge in [0.15, 0.2) is 23.5 Å². The van der Waals surface area contributed by atoms with E-state index in [1.165, 1.54) is 13.0 Å². The van der Waals surface area contributed by atoms with E-state index < -0.39 is 59.4 Å². The number of carboxylic acids is 1. The van der Waals surface area contributed by atoms with Crippen LogP contribution in [0.4, 0.5) is 0 Å². The van der Waals surface area contributed by atoms with E-state index in [1.54, 1.807) is 4.90 Å². The van der Waals surface area contributed by atoms with Crippen LogP contribution in [0.1, 0.15) is 44.2 Å². The highest BCUT2D eigenvalue weighted by molar-refractivity contribution is 5.90. The lowest BCUT2D eigenvalue weighted by Gasteiger charge is -2.23. The zero-order valence-electron chi connectivity index (χ0n) is 22.1. The second kappa shape index (κ2) is 14.7.